The van der Waals surface area contributed by atoms with E-state index in [4.69, 9.17) is 0 Å². The Balaban J connectivity index is 2.32. The molecule has 2 heterocycles. The molecule has 0 saturated heterocycles. The predicted octanol–water partition coefficient (Wildman–Crippen LogP) is 1.99. The predicted molar refractivity (Wildman–Crippen MR) is 81.5 cm³/mol. The molecule has 20 heavy (non-hydrogen) atoms. The molecule has 1 atom stereocenters. The van der Waals surface area contributed by atoms with Crippen molar-refractivity contribution in [2.75, 3.05) is 20.6 Å². The SMILES string of the molecule is Cc1ncccc1C(O)c1c(Br)cnn1CCN(C)C. The van der Waals surface area contributed by atoms with Crippen LogP contribution in [0.1, 0.15) is 23.1 Å². The maximum atomic E-state index is 10.6. The molecule has 6 heteroatoms. The van der Waals surface area contributed by atoms with Crippen LogP contribution in [0.4, 0.5) is 0 Å². The van der Waals surface area contributed by atoms with Crippen LogP contribution in [0.5, 0.6) is 0 Å². The second-order valence-corrected chi connectivity index (χ2v) is 5.84. The van der Waals surface area contributed by atoms with Gasteiger partial charge in [0.05, 0.1) is 22.9 Å². The molecule has 108 valence electrons. The van der Waals surface area contributed by atoms with Crippen molar-refractivity contribution in [2.45, 2.75) is 19.6 Å². The van der Waals surface area contributed by atoms with Gasteiger partial charge in [-0.3, -0.25) is 9.67 Å². The van der Waals surface area contributed by atoms with E-state index < -0.39 is 6.10 Å². The first kappa shape index (κ1) is 15.2. The Morgan fingerprint density at radius 2 is 2.20 bits per heavy atom. The molecule has 0 aliphatic carbocycles. The van der Waals surface area contributed by atoms with Gasteiger partial charge in [-0.1, -0.05) is 6.07 Å². The van der Waals surface area contributed by atoms with E-state index in [1.165, 1.54) is 0 Å². The van der Waals surface area contributed by atoms with Crippen LogP contribution in [-0.2, 0) is 6.54 Å². The van der Waals surface area contributed by atoms with Gasteiger partial charge in [0.2, 0.25) is 0 Å². The van der Waals surface area contributed by atoms with E-state index in [0.717, 1.165) is 34.5 Å². The largest absolute Gasteiger partial charge is 0.382 e. The van der Waals surface area contributed by atoms with Crippen LogP contribution in [-0.4, -0.2) is 45.4 Å². The van der Waals surface area contributed by atoms with Gasteiger partial charge >= 0.3 is 0 Å². The Labute approximate surface area is 127 Å². The van der Waals surface area contributed by atoms with Crippen molar-refractivity contribution in [2.24, 2.45) is 0 Å². The maximum absolute atomic E-state index is 10.6. The summed E-state index contributed by atoms with van der Waals surface area (Å²) in [5, 5.41) is 15.0. The highest BCUT2D eigenvalue weighted by Crippen LogP contribution is 2.29. The van der Waals surface area contributed by atoms with Crippen LogP contribution in [0.2, 0.25) is 0 Å². The van der Waals surface area contributed by atoms with Crippen LogP contribution in [0, 0.1) is 6.92 Å². The molecule has 1 unspecified atom stereocenters. The highest BCUT2D eigenvalue weighted by atomic mass is 79.9. The number of aliphatic hydroxyl groups excluding tert-OH is 1. The molecule has 0 spiro atoms. The molecule has 0 bridgehead atoms. The zero-order valence-corrected chi connectivity index (χ0v) is 13.5. The minimum atomic E-state index is -0.734. The van der Waals surface area contributed by atoms with E-state index >= 15 is 0 Å². The smallest absolute Gasteiger partial charge is 0.124 e. The van der Waals surface area contributed by atoms with Crippen molar-refractivity contribution in [3.8, 4) is 0 Å². The number of pyridine rings is 1. The fourth-order valence-electron chi connectivity index (χ4n) is 2.05. The molecule has 2 rings (SSSR count). The van der Waals surface area contributed by atoms with Crippen molar-refractivity contribution in [3.63, 3.8) is 0 Å². The van der Waals surface area contributed by atoms with Crippen molar-refractivity contribution >= 4 is 15.9 Å². The summed E-state index contributed by atoms with van der Waals surface area (Å²) >= 11 is 3.47. The summed E-state index contributed by atoms with van der Waals surface area (Å²) in [5.74, 6) is 0. The van der Waals surface area contributed by atoms with Gasteiger partial charge in [0.1, 0.15) is 6.10 Å². The van der Waals surface area contributed by atoms with Crippen LogP contribution in [0.3, 0.4) is 0 Å². The Hall–Kier alpha value is -1.24. The quantitative estimate of drug-likeness (QED) is 0.905. The number of aliphatic hydroxyl groups is 1. The van der Waals surface area contributed by atoms with Gasteiger partial charge in [-0.15, -0.1) is 0 Å². The Kier molecular flexibility index (Phi) is 4.91. The highest BCUT2D eigenvalue weighted by molar-refractivity contribution is 9.10. The number of aromatic nitrogens is 3. The van der Waals surface area contributed by atoms with Crippen molar-refractivity contribution in [3.05, 3.63) is 46.0 Å². The second-order valence-electron chi connectivity index (χ2n) is 4.98. The van der Waals surface area contributed by atoms with Gasteiger partial charge in [0.25, 0.3) is 0 Å². The van der Waals surface area contributed by atoms with Gasteiger partial charge in [-0.05, 0) is 43.0 Å². The van der Waals surface area contributed by atoms with E-state index in [-0.39, 0.29) is 0 Å². The van der Waals surface area contributed by atoms with Crippen molar-refractivity contribution in [1.82, 2.24) is 19.7 Å². The van der Waals surface area contributed by atoms with Gasteiger partial charge in [0.15, 0.2) is 0 Å². The zero-order valence-electron chi connectivity index (χ0n) is 11.9. The molecule has 1 N–H and O–H groups in total. The Bertz CT molecular complexity index is 582. The fourth-order valence-corrected chi connectivity index (χ4v) is 2.56. The summed E-state index contributed by atoms with van der Waals surface area (Å²) in [6.45, 7) is 3.48. The molecule has 2 aromatic rings. The first-order valence-electron chi connectivity index (χ1n) is 6.46. The number of nitrogens with zero attached hydrogens (tertiary/aromatic N) is 4. The van der Waals surface area contributed by atoms with Crippen molar-refractivity contribution < 1.29 is 5.11 Å². The molecule has 2 aromatic heterocycles. The average molecular weight is 339 g/mol. The van der Waals surface area contributed by atoms with E-state index in [1.807, 2.05) is 37.8 Å². The van der Waals surface area contributed by atoms with E-state index in [9.17, 15) is 5.11 Å². The first-order valence-corrected chi connectivity index (χ1v) is 7.25. The molecule has 0 amide bonds. The van der Waals surface area contributed by atoms with Gasteiger partial charge in [-0.25, -0.2) is 0 Å². The number of rotatable bonds is 5. The summed E-state index contributed by atoms with van der Waals surface area (Å²) in [7, 11) is 4.03. The van der Waals surface area contributed by atoms with Gasteiger partial charge in [0, 0.05) is 24.0 Å². The lowest BCUT2D eigenvalue weighted by Crippen LogP contribution is -2.21. The molecular formula is C14H19BrN4O. The van der Waals surface area contributed by atoms with Gasteiger partial charge < -0.3 is 10.0 Å². The Morgan fingerprint density at radius 1 is 1.45 bits per heavy atom. The monoisotopic (exact) mass is 338 g/mol. The maximum Gasteiger partial charge on any atom is 0.124 e. The van der Waals surface area contributed by atoms with E-state index in [0.29, 0.717) is 0 Å². The molecular weight excluding hydrogens is 320 g/mol. The lowest BCUT2D eigenvalue weighted by Gasteiger charge is -2.17. The van der Waals surface area contributed by atoms with Crippen LogP contribution in [0.25, 0.3) is 0 Å². The molecule has 0 aliphatic heterocycles. The van der Waals surface area contributed by atoms with Crippen LogP contribution in [0.15, 0.2) is 29.0 Å². The molecule has 0 saturated carbocycles. The lowest BCUT2D eigenvalue weighted by molar-refractivity contribution is 0.203. The topological polar surface area (TPSA) is 54.2 Å². The molecule has 0 aliphatic rings. The van der Waals surface area contributed by atoms with Gasteiger partial charge in [-0.2, -0.15) is 5.10 Å². The summed E-state index contributed by atoms with van der Waals surface area (Å²) in [4.78, 5) is 6.31. The average Bonchev–Trinajstić information content (AvgIpc) is 2.77. The Morgan fingerprint density at radius 3 is 2.85 bits per heavy atom. The number of hydrogen-bond donors (Lipinski definition) is 1. The van der Waals surface area contributed by atoms with E-state index in [2.05, 4.69) is 30.9 Å². The third-order valence-corrected chi connectivity index (χ3v) is 3.80. The molecule has 0 aromatic carbocycles. The van der Waals surface area contributed by atoms with Crippen LogP contribution < -0.4 is 0 Å². The van der Waals surface area contributed by atoms with Crippen LogP contribution >= 0.6 is 15.9 Å². The summed E-state index contributed by atoms with van der Waals surface area (Å²) < 4.78 is 2.65. The number of likely N-dealkylation sites (N-methyl/N-ethyl adjacent to an activating group) is 1. The highest BCUT2D eigenvalue weighted by Gasteiger charge is 2.21. The normalized spacial score (nSPS) is 12.9. The first-order chi connectivity index (χ1) is 9.50. The zero-order chi connectivity index (χ0) is 14.7. The van der Waals surface area contributed by atoms with Crippen molar-refractivity contribution in [1.29, 1.82) is 0 Å². The third-order valence-electron chi connectivity index (χ3n) is 3.19. The standard InChI is InChI=1S/C14H19BrN4O/c1-10-11(5-4-6-16-10)14(20)13-12(15)9-17-19(13)8-7-18(2)3/h4-6,9,14,20H,7-8H2,1-3H3. The number of aryl methyl sites for hydroxylation is 1. The fraction of sp³-hybridized carbons (Fsp3) is 0.429. The van der Waals surface area contributed by atoms with E-state index in [1.54, 1.807) is 12.4 Å². The minimum absolute atomic E-state index is 0.726. The number of hydrogen-bond acceptors (Lipinski definition) is 4. The lowest BCUT2D eigenvalue weighted by atomic mass is 10.1. The second kappa shape index (κ2) is 6.47. The third kappa shape index (κ3) is 3.26. The number of halogens is 1. The summed E-state index contributed by atoms with van der Waals surface area (Å²) in [6, 6.07) is 3.72. The summed E-state index contributed by atoms with van der Waals surface area (Å²) in [5.41, 5.74) is 2.40. The molecule has 0 radical (unpaired) electrons. The minimum Gasteiger partial charge on any atom is -0.382 e. The molecule has 5 nitrogen and oxygen atoms in total. The molecule has 0 fully saturated rings. The summed E-state index contributed by atoms with van der Waals surface area (Å²) in [6.07, 6.45) is 2.71.